The van der Waals surface area contributed by atoms with Gasteiger partial charge in [0.2, 0.25) is 5.95 Å². The van der Waals surface area contributed by atoms with E-state index >= 15 is 0 Å². The summed E-state index contributed by atoms with van der Waals surface area (Å²) in [6, 6.07) is 0.431. The highest BCUT2D eigenvalue weighted by molar-refractivity contribution is 5.95. The maximum Gasteiger partial charge on any atom is 0.339 e. The van der Waals surface area contributed by atoms with Crippen molar-refractivity contribution in [2.75, 3.05) is 43.6 Å². The number of anilines is 2. The maximum atomic E-state index is 13.6. The van der Waals surface area contributed by atoms with E-state index in [9.17, 15) is 9.59 Å². The predicted molar refractivity (Wildman–Crippen MR) is 125 cm³/mol. The van der Waals surface area contributed by atoms with Crippen LogP contribution in [0.2, 0.25) is 0 Å². The second-order valence-corrected chi connectivity index (χ2v) is 7.51. The fraction of sp³-hybridized carbons (Fsp3) is 0.375. The van der Waals surface area contributed by atoms with Crippen molar-refractivity contribution >= 4 is 28.5 Å². The van der Waals surface area contributed by atoms with Crippen molar-refractivity contribution in [1.82, 2.24) is 9.55 Å². The van der Waals surface area contributed by atoms with Crippen LogP contribution in [0.1, 0.15) is 44.0 Å². The smallest absolute Gasteiger partial charge is 0.339 e. The number of carbonyl (C=O) groups is 1. The number of ether oxygens (including phenoxy) is 2. The number of aryl methyl sites for hydroxylation is 1. The minimum Gasteiger partial charge on any atom is -0.465 e. The number of para-hydroxylation sites is 1. The van der Waals surface area contributed by atoms with Crippen molar-refractivity contribution < 1.29 is 23.9 Å². The van der Waals surface area contributed by atoms with E-state index in [2.05, 4.69) is 10.3 Å². The highest BCUT2D eigenvalue weighted by Crippen LogP contribution is 2.29. The first-order valence-corrected chi connectivity index (χ1v) is 10.1. The summed E-state index contributed by atoms with van der Waals surface area (Å²) in [4.78, 5) is 32.5. The van der Waals surface area contributed by atoms with Crippen LogP contribution in [0.5, 0.6) is 0 Å². The number of rotatable bonds is 5. The molecule has 1 fully saturated rings. The Hall–Kier alpha value is -3.39. The number of hydrogen-bond donors (Lipinski definition) is 1. The molecular formula is C24H28N4O4. The zero-order valence-corrected chi connectivity index (χ0v) is 18.0. The summed E-state index contributed by atoms with van der Waals surface area (Å²) in [6.45, 7) is 1.99. The zero-order chi connectivity index (χ0) is 28.8. The SMILES string of the molecule is [2H]c1c([2H])c([2H])c(C(=O)OC)c(N[C@H](C)c2cc(C)cc3c(=O)n(C([2H])([2H])[2H])c(N4CCOCC4)nc23)c1[2H]. The van der Waals surface area contributed by atoms with Gasteiger partial charge < -0.3 is 19.7 Å². The molecule has 168 valence electrons. The van der Waals surface area contributed by atoms with Gasteiger partial charge in [0.1, 0.15) is 0 Å². The average Bonchev–Trinajstić information content (AvgIpc) is 2.89. The van der Waals surface area contributed by atoms with Crippen LogP contribution >= 0.6 is 0 Å². The van der Waals surface area contributed by atoms with Crippen molar-refractivity contribution in [3.63, 3.8) is 0 Å². The van der Waals surface area contributed by atoms with Crippen molar-refractivity contribution in [2.45, 2.75) is 19.9 Å². The molecule has 2 heterocycles. The third kappa shape index (κ3) is 4.05. The third-order valence-electron chi connectivity index (χ3n) is 5.33. The van der Waals surface area contributed by atoms with Gasteiger partial charge in [0, 0.05) is 35.4 Å². The van der Waals surface area contributed by atoms with Gasteiger partial charge >= 0.3 is 5.97 Å². The highest BCUT2D eigenvalue weighted by atomic mass is 16.5. The molecule has 0 amide bonds. The average molecular weight is 444 g/mol. The van der Waals surface area contributed by atoms with E-state index in [1.165, 1.54) is 0 Å². The Morgan fingerprint density at radius 1 is 1.31 bits per heavy atom. The molecule has 4 rings (SSSR count). The van der Waals surface area contributed by atoms with Crippen LogP contribution in [0.4, 0.5) is 11.6 Å². The topological polar surface area (TPSA) is 85.7 Å². The van der Waals surface area contributed by atoms with Gasteiger partial charge in [0.05, 0.1) is 48.3 Å². The summed E-state index contributed by atoms with van der Waals surface area (Å²) in [5.41, 5.74) is 0.0730. The summed E-state index contributed by atoms with van der Waals surface area (Å²) < 4.78 is 67.6. The molecule has 1 atom stereocenters. The molecule has 0 radical (unpaired) electrons. The van der Waals surface area contributed by atoms with Gasteiger partial charge in [0.15, 0.2) is 0 Å². The lowest BCUT2D eigenvalue weighted by Crippen LogP contribution is -2.40. The molecule has 0 saturated carbocycles. The fourth-order valence-corrected chi connectivity index (χ4v) is 3.73. The van der Waals surface area contributed by atoms with E-state index in [1.54, 1.807) is 30.9 Å². The molecule has 1 aliphatic rings. The molecule has 0 unspecified atom stereocenters. The van der Waals surface area contributed by atoms with E-state index in [1.807, 2.05) is 0 Å². The van der Waals surface area contributed by atoms with E-state index in [0.717, 1.165) is 7.11 Å². The normalized spacial score (nSPS) is 18.5. The largest absolute Gasteiger partial charge is 0.465 e. The van der Waals surface area contributed by atoms with Gasteiger partial charge in [-0.3, -0.25) is 9.36 Å². The van der Waals surface area contributed by atoms with Crippen LogP contribution in [0.25, 0.3) is 10.9 Å². The molecule has 1 aliphatic heterocycles. The molecule has 1 saturated heterocycles. The molecule has 2 aromatic carbocycles. The van der Waals surface area contributed by atoms with Gasteiger partial charge in [0.25, 0.3) is 5.56 Å². The summed E-state index contributed by atoms with van der Waals surface area (Å²) in [6.07, 6.45) is 0. The number of esters is 1. The number of morpholine rings is 1. The van der Waals surface area contributed by atoms with E-state index in [0.29, 0.717) is 42.0 Å². The van der Waals surface area contributed by atoms with Gasteiger partial charge in [-0.2, -0.15) is 0 Å². The quantitative estimate of drug-likeness (QED) is 0.607. The molecule has 1 N–H and O–H groups in total. The summed E-state index contributed by atoms with van der Waals surface area (Å²) in [7, 11) is 1.11. The lowest BCUT2D eigenvalue weighted by molar-refractivity contribution is 0.0602. The molecule has 0 aliphatic carbocycles. The molecule has 0 spiro atoms. The number of benzene rings is 2. The number of nitrogens with zero attached hydrogens (tertiary/aromatic N) is 3. The van der Waals surface area contributed by atoms with Gasteiger partial charge in [-0.25, -0.2) is 9.78 Å². The second kappa shape index (κ2) is 9.00. The van der Waals surface area contributed by atoms with Crippen LogP contribution in [0.3, 0.4) is 0 Å². The Morgan fingerprint density at radius 2 is 2.06 bits per heavy atom. The number of nitrogens with one attached hydrogen (secondary N) is 1. The third-order valence-corrected chi connectivity index (χ3v) is 5.33. The monoisotopic (exact) mass is 443 g/mol. The minimum atomic E-state index is -2.79. The fourth-order valence-electron chi connectivity index (χ4n) is 3.73. The Balaban J connectivity index is 1.95. The Morgan fingerprint density at radius 3 is 2.78 bits per heavy atom. The lowest BCUT2D eigenvalue weighted by Gasteiger charge is -2.29. The van der Waals surface area contributed by atoms with Crippen molar-refractivity contribution in [1.29, 1.82) is 0 Å². The Kier molecular flexibility index (Phi) is 4.11. The first kappa shape index (κ1) is 14.6. The van der Waals surface area contributed by atoms with Crippen molar-refractivity contribution in [3.05, 3.63) is 63.3 Å². The van der Waals surface area contributed by atoms with Gasteiger partial charge in [-0.05, 0) is 37.6 Å². The van der Waals surface area contributed by atoms with Crippen molar-refractivity contribution in [3.8, 4) is 0 Å². The van der Waals surface area contributed by atoms with E-state index < -0.39 is 48.7 Å². The first-order valence-electron chi connectivity index (χ1n) is 13.6. The first-order chi connectivity index (χ1) is 18.3. The van der Waals surface area contributed by atoms with E-state index in [4.69, 9.17) is 19.1 Å². The van der Waals surface area contributed by atoms with Gasteiger partial charge in [-0.1, -0.05) is 18.2 Å². The van der Waals surface area contributed by atoms with Crippen LogP contribution in [-0.2, 0) is 16.4 Å². The van der Waals surface area contributed by atoms with Crippen LogP contribution in [0.15, 0.2) is 41.1 Å². The standard InChI is InChI=1S/C24H28N4O4/c1-15-13-18(16(2)25-20-8-6-5-7-17(20)23(30)31-4)21-19(14-15)22(29)27(3)24(26-21)28-9-11-32-12-10-28/h5-8,13-14,16,25H,9-12H2,1-4H3/t16-/m1/s1/i3D3,5D,6D,7D,8D. The number of methoxy groups -OCH3 is 1. The summed E-state index contributed by atoms with van der Waals surface area (Å²) in [5.74, 6) is -0.968. The molecular weight excluding hydrogens is 408 g/mol. The number of hydrogen-bond acceptors (Lipinski definition) is 7. The maximum absolute atomic E-state index is 13.6. The van der Waals surface area contributed by atoms with Crippen LogP contribution < -0.4 is 15.8 Å². The number of carbonyl (C=O) groups excluding carboxylic acids is 1. The summed E-state index contributed by atoms with van der Waals surface area (Å²) >= 11 is 0. The molecule has 0 bridgehead atoms. The molecule has 1 aromatic heterocycles. The minimum absolute atomic E-state index is 0.0232. The predicted octanol–water partition coefficient (Wildman–Crippen LogP) is 3.04. The van der Waals surface area contributed by atoms with Crippen molar-refractivity contribution in [2.24, 2.45) is 6.98 Å². The van der Waals surface area contributed by atoms with E-state index in [-0.39, 0.29) is 28.1 Å². The molecule has 32 heavy (non-hydrogen) atoms. The zero-order valence-electron chi connectivity index (χ0n) is 25.0. The summed E-state index contributed by atoms with van der Waals surface area (Å²) in [5, 5.41) is 3.08. The van der Waals surface area contributed by atoms with Crippen LogP contribution in [-0.4, -0.2) is 48.9 Å². The second-order valence-electron chi connectivity index (χ2n) is 7.51. The molecule has 8 heteroatoms. The lowest BCUT2D eigenvalue weighted by atomic mass is 10.0. The number of aromatic nitrogens is 2. The Labute approximate surface area is 196 Å². The number of fused-ring (bicyclic) bond motifs is 1. The van der Waals surface area contributed by atoms with Crippen LogP contribution in [0, 0.1) is 6.92 Å². The Bertz CT molecular complexity index is 1520. The molecule has 3 aromatic rings. The van der Waals surface area contributed by atoms with Gasteiger partial charge in [-0.15, -0.1) is 0 Å². The molecule has 8 nitrogen and oxygen atoms in total. The highest BCUT2D eigenvalue weighted by Gasteiger charge is 2.21.